The van der Waals surface area contributed by atoms with Crippen LogP contribution in [-0.2, 0) is 16.6 Å². The summed E-state index contributed by atoms with van der Waals surface area (Å²) in [5.41, 5.74) is 2.74. The van der Waals surface area contributed by atoms with Gasteiger partial charge >= 0.3 is 0 Å². The molecule has 2 N–H and O–H groups in total. The van der Waals surface area contributed by atoms with Crippen molar-refractivity contribution < 1.29 is 8.42 Å². The third-order valence-electron chi connectivity index (χ3n) is 5.65. The van der Waals surface area contributed by atoms with Gasteiger partial charge in [-0.3, -0.25) is 9.89 Å². The molecule has 0 amide bonds. The van der Waals surface area contributed by atoms with Crippen molar-refractivity contribution in [2.75, 3.05) is 45.0 Å². The molecular weight excluding hydrogens is 398 g/mol. The minimum atomic E-state index is -3.24. The first-order valence-electron chi connectivity index (χ1n) is 11.2. The molecule has 0 radical (unpaired) electrons. The van der Waals surface area contributed by atoms with Gasteiger partial charge in [0.05, 0.1) is 12.3 Å². The van der Waals surface area contributed by atoms with Crippen molar-refractivity contribution >= 4 is 16.0 Å². The molecule has 1 aromatic carbocycles. The van der Waals surface area contributed by atoms with Crippen LogP contribution in [0.1, 0.15) is 44.7 Å². The van der Waals surface area contributed by atoms with Crippen molar-refractivity contribution in [2.45, 2.75) is 53.1 Å². The van der Waals surface area contributed by atoms with Crippen molar-refractivity contribution in [2.24, 2.45) is 4.99 Å². The van der Waals surface area contributed by atoms with E-state index in [1.165, 1.54) is 15.4 Å². The zero-order valence-corrected chi connectivity index (χ0v) is 19.8. The van der Waals surface area contributed by atoms with E-state index >= 15 is 0 Å². The number of likely N-dealkylation sites (tertiary alicyclic amines) is 1. The first-order chi connectivity index (χ1) is 14.4. The summed E-state index contributed by atoms with van der Waals surface area (Å²) in [6.45, 7) is 13.0. The monoisotopic (exact) mass is 437 g/mol. The molecule has 8 heteroatoms. The van der Waals surface area contributed by atoms with Crippen LogP contribution in [0.25, 0.3) is 0 Å². The second-order valence-electron chi connectivity index (χ2n) is 7.78. The molecule has 1 saturated heterocycles. The molecule has 2 rings (SSSR count). The van der Waals surface area contributed by atoms with Crippen LogP contribution in [0.4, 0.5) is 0 Å². The quantitative estimate of drug-likeness (QED) is 0.433. The zero-order valence-electron chi connectivity index (χ0n) is 19.0. The van der Waals surface area contributed by atoms with Gasteiger partial charge in [-0.1, -0.05) is 38.1 Å². The number of benzene rings is 1. The minimum Gasteiger partial charge on any atom is -0.357 e. The first-order valence-corrected chi connectivity index (χ1v) is 12.8. The van der Waals surface area contributed by atoms with E-state index in [1.54, 1.807) is 0 Å². The SMILES string of the molecule is CCNC(=NCCS(=O)(=O)N(CC)CC)NC1CCN(Cc2ccccc2C)CC1. The molecule has 7 nitrogen and oxygen atoms in total. The Balaban J connectivity index is 1.84. The number of nitrogens with zero attached hydrogens (tertiary/aromatic N) is 3. The van der Waals surface area contributed by atoms with Gasteiger partial charge in [0.15, 0.2) is 5.96 Å². The van der Waals surface area contributed by atoms with E-state index in [1.807, 2.05) is 20.8 Å². The van der Waals surface area contributed by atoms with Gasteiger partial charge < -0.3 is 10.6 Å². The lowest BCUT2D eigenvalue weighted by atomic mass is 10.0. The second kappa shape index (κ2) is 12.3. The van der Waals surface area contributed by atoms with Crippen molar-refractivity contribution in [1.82, 2.24) is 19.8 Å². The molecule has 0 aliphatic carbocycles. The summed E-state index contributed by atoms with van der Waals surface area (Å²) in [5, 5.41) is 6.75. The van der Waals surface area contributed by atoms with Crippen LogP contribution < -0.4 is 10.6 Å². The van der Waals surface area contributed by atoms with Gasteiger partial charge in [-0.25, -0.2) is 12.7 Å². The summed E-state index contributed by atoms with van der Waals surface area (Å²) < 4.78 is 26.2. The molecule has 0 aromatic heterocycles. The van der Waals surface area contributed by atoms with Gasteiger partial charge in [0.25, 0.3) is 0 Å². The van der Waals surface area contributed by atoms with Crippen LogP contribution in [0.15, 0.2) is 29.3 Å². The van der Waals surface area contributed by atoms with Gasteiger partial charge in [-0.2, -0.15) is 0 Å². The molecule has 30 heavy (non-hydrogen) atoms. The number of aliphatic imine (C=N–C) groups is 1. The lowest BCUT2D eigenvalue weighted by molar-refractivity contribution is 0.198. The molecule has 1 fully saturated rings. The van der Waals surface area contributed by atoms with Gasteiger partial charge in [-0.05, 0) is 37.8 Å². The number of aryl methyl sites for hydroxylation is 1. The number of hydrogen-bond acceptors (Lipinski definition) is 4. The largest absolute Gasteiger partial charge is 0.357 e. The van der Waals surface area contributed by atoms with Crippen molar-refractivity contribution in [1.29, 1.82) is 0 Å². The topological polar surface area (TPSA) is 77.0 Å². The number of rotatable bonds is 10. The molecule has 1 aromatic rings. The number of hydrogen-bond donors (Lipinski definition) is 2. The Morgan fingerprint density at radius 1 is 1.17 bits per heavy atom. The highest BCUT2D eigenvalue weighted by Crippen LogP contribution is 2.16. The van der Waals surface area contributed by atoms with Crippen LogP contribution in [-0.4, -0.2) is 74.6 Å². The fourth-order valence-corrected chi connectivity index (χ4v) is 5.16. The molecule has 0 unspecified atom stereocenters. The van der Waals surface area contributed by atoms with Crippen LogP contribution in [0.2, 0.25) is 0 Å². The van der Waals surface area contributed by atoms with Crippen LogP contribution in [0.5, 0.6) is 0 Å². The molecule has 1 aliphatic heterocycles. The Labute approximate surface area is 183 Å². The van der Waals surface area contributed by atoms with E-state index in [-0.39, 0.29) is 12.3 Å². The lowest BCUT2D eigenvalue weighted by Gasteiger charge is -2.33. The molecule has 0 saturated carbocycles. The standard InChI is InChI=1S/C22H39N5O2S/c1-5-23-22(24-14-17-30(28,29)27(6-2)7-3)25-21-12-15-26(16-13-21)18-20-11-9-8-10-19(20)4/h8-11,21H,5-7,12-18H2,1-4H3,(H2,23,24,25). The van der Waals surface area contributed by atoms with E-state index in [4.69, 9.17) is 0 Å². The number of piperidine rings is 1. The van der Waals surface area contributed by atoms with Gasteiger partial charge in [0, 0.05) is 45.3 Å². The summed E-state index contributed by atoms with van der Waals surface area (Å²) in [6.07, 6.45) is 2.10. The van der Waals surface area contributed by atoms with E-state index in [9.17, 15) is 8.42 Å². The third-order valence-corrected chi connectivity index (χ3v) is 7.65. The van der Waals surface area contributed by atoms with E-state index in [0.29, 0.717) is 25.1 Å². The average Bonchev–Trinajstić information content (AvgIpc) is 2.72. The fraction of sp³-hybridized carbons (Fsp3) is 0.682. The maximum atomic E-state index is 12.3. The summed E-state index contributed by atoms with van der Waals surface area (Å²) in [6, 6.07) is 8.93. The average molecular weight is 438 g/mol. The maximum absolute atomic E-state index is 12.3. The summed E-state index contributed by atoms with van der Waals surface area (Å²) in [7, 11) is -3.24. The maximum Gasteiger partial charge on any atom is 0.215 e. The fourth-order valence-electron chi connectivity index (χ4n) is 3.80. The third kappa shape index (κ3) is 7.56. The molecule has 0 spiro atoms. The Kier molecular flexibility index (Phi) is 10.1. The highest BCUT2D eigenvalue weighted by molar-refractivity contribution is 7.89. The second-order valence-corrected chi connectivity index (χ2v) is 9.87. The zero-order chi connectivity index (χ0) is 22.0. The number of sulfonamides is 1. The molecule has 0 bridgehead atoms. The summed E-state index contributed by atoms with van der Waals surface area (Å²) in [5.74, 6) is 0.754. The smallest absolute Gasteiger partial charge is 0.215 e. The molecule has 0 atom stereocenters. The van der Waals surface area contributed by atoms with Crippen molar-refractivity contribution in [3.8, 4) is 0 Å². The van der Waals surface area contributed by atoms with Crippen LogP contribution in [0.3, 0.4) is 0 Å². The Bertz CT molecular complexity index is 769. The predicted octanol–water partition coefficient (Wildman–Crippen LogP) is 2.19. The van der Waals surface area contributed by atoms with Gasteiger partial charge in [0.1, 0.15) is 0 Å². The number of nitrogens with one attached hydrogen (secondary N) is 2. The molecular formula is C22H39N5O2S. The normalized spacial score (nSPS) is 16.8. The Morgan fingerprint density at radius 3 is 2.43 bits per heavy atom. The molecule has 1 heterocycles. The molecule has 170 valence electrons. The Morgan fingerprint density at radius 2 is 1.83 bits per heavy atom. The lowest BCUT2D eigenvalue weighted by Crippen LogP contribution is -2.48. The molecule has 1 aliphatic rings. The summed E-state index contributed by atoms with van der Waals surface area (Å²) in [4.78, 5) is 7.02. The summed E-state index contributed by atoms with van der Waals surface area (Å²) >= 11 is 0. The van der Waals surface area contributed by atoms with Gasteiger partial charge in [0.2, 0.25) is 10.0 Å². The number of guanidine groups is 1. The van der Waals surface area contributed by atoms with E-state index < -0.39 is 10.0 Å². The van der Waals surface area contributed by atoms with Crippen molar-refractivity contribution in [3.05, 3.63) is 35.4 Å². The van der Waals surface area contributed by atoms with Crippen LogP contribution >= 0.6 is 0 Å². The highest BCUT2D eigenvalue weighted by atomic mass is 32.2. The predicted molar refractivity (Wildman–Crippen MR) is 125 cm³/mol. The van der Waals surface area contributed by atoms with Crippen LogP contribution in [0, 0.1) is 6.92 Å². The minimum absolute atomic E-state index is 0.0418. The van der Waals surface area contributed by atoms with Gasteiger partial charge in [-0.15, -0.1) is 0 Å². The van der Waals surface area contributed by atoms with E-state index in [2.05, 4.69) is 51.7 Å². The Hall–Kier alpha value is -1.64. The van der Waals surface area contributed by atoms with E-state index in [0.717, 1.165) is 39.0 Å². The first kappa shape index (κ1) is 24.6. The van der Waals surface area contributed by atoms with Crippen molar-refractivity contribution in [3.63, 3.8) is 0 Å². The highest BCUT2D eigenvalue weighted by Gasteiger charge is 2.21.